The fourth-order valence-electron chi connectivity index (χ4n) is 3.54. The Morgan fingerprint density at radius 2 is 1.52 bits per heavy atom. The van der Waals surface area contributed by atoms with Gasteiger partial charge in [-0.1, -0.05) is 23.2 Å². The van der Waals surface area contributed by atoms with E-state index >= 15 is 0 Å². The van der Waals surface area contributed by atoms with Crippen molar-refractivity contribution < 1.29 is 0 Å². The molecule has 31 heavy (non-hydrogen) atoms. The number of hydrogen-bond donors (Lipinski definition) is 2. The SMILES string of the molecule is N=c1cc2n(-c3ccc(Cl)cc3)c3ccc(I)cc3nc-2cc1Nc1ccc(Cl)cc1. The first kappa shape index (κ1) is 20.3. The topological polar surface area (TPSA) is 53.7 Å². The van der Waals surface area contributed by atoms with E-state index in [4.69, 9.17) is 33.6 Å². The minimum atomic E-state index is 0.372. The highest BCUT2D eigenvalue weighted by molar-refractivity contribution is 14.1. The van der Waals surface area contributed by atoms with Gasteiger partial charge in [0.25, 0.3) is 0 Å². The summed E-state index contributed by atoms with van der Waals surface area (Å²) in [5, 5.41) is 13.6. The van der Waals surface area contributed by atoms with Gasteiger partial charge in [0.05, 0.1) is 33.5 Å². The van der Waals surface area contributed by atoms with Crippen molar-refractivity contribution in [1.29, 1.82) is 5.41 Å². The first-order valence-corrected chi connectivity index (χ1v) is 11.3. The van der Waals surface area contributed by atoms with Crippen molar-refractivity contribution in [1.82, 2.24) is 9.55 Å². The molecule has 5 rings (SSSR count). The second-order valence-corrected chi connectivity index (χ2v) is 9.19. The molecule has 0 amide bonds. The summed E-state index contributed by atoms with van der Waals surface area (Å²) in [6.45, 7) is 0. The van der Waals surface area contributed by atoms with Gasteiger partial charge in [0.15, 0.2) is 0 Å². The van der Waals surface area contributed by atoms with Crippen LogP contribution in [-0.2, 0) is 0 Å². The molecule has 1 aliphatic carbocycles. The molecule has 152 valence electrons. The Morgan fingerprint density at radius 3 is 2.23 bits per heavy atom. The van der Waals surface area contributed by atoms with Crippen LogP contribution in [0, 0.1) is 8.98 Å². The summed E-state index contributed by atoms with van der Waals surface area (Å²) >= 11 is 14.4. The predicted molar refractivity (Wildman–Crippen MR) is 136 cm³/mol. The minimum Gasteiger partial charge on any atom is -0.354 e. The zero-order chi connectivity index (χ0) is 21.5. The van der Waals surface area contributed by atoms with Crippen molar-refractivity contribution in [3.8, 4) is 17.1 Å². The third-order valence-electron chi connectivity index (χ3n) is 4.98. The molecule has 0 spiro atoms. The van der Waals surface area contributed by atoms with Crippen LogP contribution in [0.5, 0.6) is 0 Å². The van der Waals surface area contributed by atoms with Gasteiger partial charge in [0.2, 0.25) is 0 Å². The molecule has 2 aliphatic rings. The van der Waals surface area contributed by atoms with E-state index in [0.717, 1.165) is 37.4 Å². The molecule has 0 aromatic heterocycles. The van der Waals surface area contributed by atoms with Crippen LogP contribution in [0.1, 0.15) is 0 Å². The van der Waals surface area contributed by atoms with E-state index in [1.54, 1.807) is 0 Å². The average Bonchev–Trinajstić information content (AvgIpc) is 2.75. The molecule has 0 saturated heterocycles. The maximum atomic E-state index is 8.63. The molecule has 1 aliphatic heterocycles. The summed E-state index contributed by atoms with van der Waals surface area (Å²) < 4.78 is 3.23. The molecule has 0 saturated carbocycles. The molecular weight excluding hydrogens is 542 g/mol. The lowest BCUT2D eigenvalue weighted by molar-refractivity contribution is 1.07. The smallest absolute Gasteiger partial charge is 0.0900 e. The quantitative estimate of drug-likeness (QED) is 0.181. The van der Waals surface area contributed by atoms with Gasteiger partial charge in [-0.2, -0.15) is 0 Å². The van der Waals surface area contributed by atoms with E-state index < -0.39 is 0 Å². The lowest BCUT2D eigenvalue weighted by Crippen LogP contribution is -2.13. The lowest BCUT2D eigenvalue weighted by Gasteiger charge is -2.20. The summed E-state index contributed by atoms with van der Waals surface area (Å²) in [7, 11) is 0. The Labute approximate surface area is 202 Å². The monoisotopic (exact) mass is 556 g/mol. The van der Waals surface area contributed by atoms with Crippen LogP contribution in [0.25, 0.3) is 28.1 Å². The van der Waals surface area contributed by atoms with Crippen molar-refractivity contribution in [2.24, 2.45) is 0 Å². The zero-order valence-corrected chi connectivity index (χ0v) is 19.7. The van der Waals surface area contributed by atoms with Gasteiger partial charge in [-0.25, -0.2) is 4.98 Å². The molecule has 3 aromatic rings. The van der Waals surface area contributed by atoms with Gasteiger partial charge < -0.3 is 9.88 Å². The number of rotatable bonds is 3. The second kappa shape index (κ2) is 8.15. The number of hydrogen-bond acceptors (Lipinski definition) is 3. The van der Waals surface area contributed by atoms with Gasteiger partial charge in [0.1, 0.15) is 0 Å². The van der Waals surface area contributed by atoms with Crippen molar-refractivity contribution in [3.05, 3.63) is 97.8 Å². The third kappa shape index (κ3) is 4.01. The van der Waals surface area contributed by atoms with Gasteiger partial charge in [-0.15, -0.1) is 0 Å². The first-order valence-electron chi connectivity index (χ1n) is 9.47. The van der Waals surface area contributed by atoms with Gasteiger partial charge in [0, 0.05) is 25.0 Å². The Morgan fingerprint density at radius 1 is 0.839 bits per heavy atom. The Bertz CT molecular complexity index is 1440. The molecule has 0 unspecified atom stereocenters. The Balaban J connectivity index is 1.75. The maximum absolute atomic E-state index is 8.63. The largest absolute Gasteiger partial charge is 0.354 e. The first-order chi connectivity index (χ1) is 15.0. The van der Waals surface area contributed by atoms with Crippen molar-refractivity contribution in [3.63, 3.8) is 0 Å². The van der Waals surface area contributed by atoms with Gasteiger partial charge >= 0.3 is 0 Å². The summed E-state index contributed by atoms with van der Waals surface area (Å²) in [6, 6.07) is 25.0. The molecule has 0 bridgehead atoms. The number of fused-ring (bicyclic) bond motifs is 2. The fourth-order valence-corrected chi connectivity index (χ4v) is 4.27. The predicted octanol–water partition coefficient (Wildman–Crippen LogP) is 7.26. The minimum absolute atomic E-state index is 0.372. The molecule has 1 heterocycles. The van der Waals surface area contributed by atoms with Crippen LogP contribution >= 0.6 is 45.8 Å². The Kier molecular flexibility index (Phi) is 5.33. The van der Waals surface area contributed by atoms with Gasteiger partial charge in [-0.05, 0) is 101 Å². The fraction of sp³-hybridized carbons (Fsp3) is 0. The van der Waals surface area contributed by atoms with Crippen LogP contribution in [0.15, 0.2) is 78.9 Å². The summed E-state index contributed by atoms with van der Waals surface area (Å²) in [5.41, 5.74) is 5.98. The molecule has 0 radical (unpaired) electrons. The zero-order valence-electron chi connectivity index (χ0n) is 16.0. The van der Waals surface area contributed by atoms with Crippen LogP contribution in [0.2, 0.25) is 10.0 Å². The highest BCUT2D eigenvalue weighted by Gasteiger charge is 2.16. The molecule has 3 aromatic carbocycles. The summed E-state index contributed by atoms with van der Waals surface area (Å²) in [4.78, 5) is 4.90. The van der Waals surface area contributed by atoms with Crippen molar-refractivity contribution in [2.75, 3.05) is 5.32 Å². The van der Waals surface area contributed by atoms with E-state index in [9.17, 15) is 0 Å². The molecule has 4 nitrogen and oxygen atoms in total. The number of nitrogens with one attached hydrogen (secondary N) is 2. The number of anilines is 2. The highest BCUT2D eigenvalue weighted by atomic mass is 127. The third-order valence-corrected chi connectivity index (χ3v) is 6.16. The number of benzene rings is 4. The molecule has 0 atom stereocenters. The van der Waals surface area contributed by atoms with Crippen LogP contribution in [0.3, 0.4) is 0 Å². The summed E-state index contributed by atoms with van der Waals surface area (Å²) in [5.74, 6) is 0. The highest BCUT2D eigenvalue weighted by Crippen LogP contribution is 2.31. The van der Waals surface area contributed by atoms with Crippen LogP contribution in [0.4, 0.5) is 11.4 Å². The molecule has 0 fully saturated rings. The van der Waals surface area contributed by atoms with E-state index in [2.05, 4.69) is 50.7 Å². The normalized spacial score (nSPS) is 11.2. The summed E-state index contributed by atoms with van der Waals surface area (Å²) in [6.07, 6.45) is 0. The second-order valence-electron chi connectivity index (χ2n) is 7.08. The molecular formula is C24H15Cl2IN4. The van der Waals surface area contributed by atoms with Crippen molar-refractivity contribution in [2.45, 2.75) is 0 Å². The van der Waals surface area contributed by atoms with Crippen molar-refractivity contribution >= 4 is 68.2 Å². The average molecular weight is 557 g/mol. The van der Waals surface area contributed by atoms with E-state index in [1.165, 1.54) is 0 Å². The standard InChI is InChI=1S/C24H15Cl2IN4/c25-14-1-6-17(7-2-14)29-20-13-22-24(12-19(20)28)31(18-8-3-15(26)4-9-18)23-10-5-16(27)11-21(23)30-22/h1-13,28-29H. The van der Waals surface area contributed by atoms with Crippen LogP contribution < -0.4 is 10.7 Å². The van der Waals surface area contributed by atoms with Gasteiger partial charge in [-0.3, -0.25) is 5.41 Å². The Hall–Kier alpha value is -2.61. The molecule has 2 N–H and O–H groups in total. The number of nitrogens with zero attached hydrogens (tertiary/aromatic N) is 2. The lowest BCUT2D eigenvalue weighted by atomic mass is 10.1. The van der Waals surface area contributed by atoms with E-state index in [1.807, 2.05) is 60.7 Å². The number of halogens is 3. The van der Waals surface area contributed by atoms with Crippen LogP contribution in [-0.4, -0.2) is 9.55 Å². The molecule has 7 heteroatoms. The van der Waals surface area contributed by atoms with E-state index in [-0.39, 0.29) is 0 Å². The maximum Gasteiger partial charge on any atom is 0.0900 e. The van der Waals surface area contributed by atoms with E-state index in [0.29, 0.717) is 21.1 Å². The number of aromatic nitrogens is 2.